The van der Waals surface area contributed by atoms with Crippen LogP contribution in [-0.4, -0.2) is 27.8 Å². The van der Waals surface area contributed by atoms with E-state index in [0.717, 1.165) is 13.1 Å². The van der Waals surface area contributed by atoms with E-state index in [0.29, 0.717) is 0 Å². The highest BCUT2D eigenvalue weighted by Gasteiger charge is 2.19. The molecule has 0 spiro atoms. The molecule has 4 nitrogen and oxygen atoms in total. The lowest BCUT2D eigenvalue weighted by Gasteiger charge is -2.25. The van der Waals surface area contributed by atoms with E-state index in [1.54, 1.807) is 7.11 Å². The smallest absolute Gasteiger partial charge is 0.0949 e. The van der Waals surface area contributed by atoms with Gasteiger partial charge in [0, 0.05) is 25.4 Å². The summed E-state index contributed by atoms with van der Waals surface area (Å²) in [4.78, 5) is 4.21. The molecule has 1 rings (SSSR count). The van der Waals surface area contributed by atoms with Crippen LogP contribution in [0.5, 0.6) is 0 Å². The van der Waals surface area contributed by atoms with E-state index in [9.17, 15) is 0 Å². The average Bonchev–Trinajstić information content (AvgIpc) is 2.60. The van der Waals surface area contributed by atoms with Crippen molar-refractivity contribution in [3.8, 4) is 0 Å². The molecule has 1 aromatic heterocycles. The van der Waals surface area contributed by atoms with Gasteiger partial charge in [0.2, 0.25) is 0 Å². The van der Waals surface area contributed by atoms with E-state index < -0.39 is 0 Å². The molecule has 4 heteroatoms. The van der Waals surface area contributed by atoms with Crippen LogP contribution in [0.15, 0.2) is 12.5 Å². The summed E-state index contributed by atoms with van der Waals surface area (Å²) >= 11 is 0. The first-order chi connectivity index (χ1) is 7.73. The number of rotatable bonds is 5. The normalized spacial score (nSPS) is 13.1. The van der Waals surface area contributed by atoms with Gasteiger partial charge in [-0.2, -0.15) is 0 Å². The molecule has 0 aliphatic heterocycles. The Morgan fingerprint density at radius 2 is 1.94 bits per heavy atom. The molecule has 0 aliphatic carbocycles. The Balaban J connectivity index is 2.66. The number of ether oxygens (including phenoxy) is 1. The van der Waals surface area contributed by atoms with E-state index in [1.165, 1.54) is 5.69 Å². The molecule has 0 saturated carbocycles. The minimum absolute atomic E-state index is 0.117. The Morgan fingerprint density at radius 3 is 2.47 bits per heavy atom. The number of imidazole rings is 1. The van der Waals surface area contributed by atoms with Crippen LogP contribution < -0.4 is 5.32 Å². The zero-order chi connectivity index (χ0) is 13.1. The third-order valence-electron chi connectivity index (χ3n) is 2.70. The van der Waals surface area contributed by atoms with Crippen LogP contribution >= 0.6 is 0 Å². The number of nitrogens with zero attached hydrogens (tertiary/aromatic N) is 2. The Bertz CT molecular complexity index is 350. The van der Waals surface area contributed by atoms with Crippen molar-refractivity contribution in [2.75, 3.05) is 7.11 Å². The van der Waals surface area contributed by atoms with Crippen molar-refractivity contribution in [2.45, 2.75) is 58.8 Å². The number of nitrogens with one attached hydrogen (secondary N) is 1. The van der Waals surface area contributed by atoms with E-state index in [4.69, 9.17) is 4.74 Å². The third-order valence-corrected chi connectivity index (χ3v) is 2.70. The average molecular weight is 239 g/mol. The predicted molar refractivity (Wildman–Crippen MR) is 69.9 cm³/mol. The molecule has 0 amide bonds. The van der Waals surface area contributed by atoms with Crippen LogP contribution in [0, 0.1) is 0 Å². The summed E-state index contributed by atoms with van der Waals surface area (Å²) in [6.07, 6.45) is 3.77. The first kappa shape index (κ1) is 14.2. The van der Waals surface area contributed by atoms with Gasteiger partial charge in [0.15, 0.2) is 0 Å². The molecular weight excluding hydrogens is 214 g/mol. The van der Waals surface area contributed by atoms with E-state index in [-0.39, 0.29) is 11.1 Å². The zero-order valence-electron chi connectivity index (χ0n) is 11.9. The van der Waals surface area contributed by atoms with Crippen molar-refractivity contribution in [3.63, 3.8) is 0 Å². The molecule has 17 heavy (non-hydrogen) atoms. The van der Waals surface area contributed by atoms with Gasteiger partial charge in [0.25, 0.3) is 0 Å². The van der Waals surface area contributed by atoms with Crippen LogP contribution in [-0.2, 0) is 17.8 Å². The number of hydrogen-bond donors (Lipinski definition) is 1. The summed E-state index contributed by atoms with van der Waals surface area (Å²) in [5.41, 5.74) is 1.13. The molecular formula is C13H25N3O. The molecule has 1 N–H and O–H groups in total. The maximum atomic E-state index is 5.44. The maximum Gasteiger partial charge on any atom is 0.0949 e. The van der Waals surface area contributed by atoms with Gasteiger partial charge in [0.05, 0.1) is 24.2 Å². The minimum Gasteiger partial charge on any atom is -0.377 e. The fourth-order valence-corrected chi connectivity index (χ4v) is 1.47. The zero-order valence-corrected chi connectivity index (χ0v) is 11.9. The van der Waals surface area contributed by atoms with Gasteiger partial charge in [-0.05, 0) is 34.6 Å². The number of hydrogen-bond acceptors (Lipinski definition) is 3. The van der Waals surface area contributed by atoms with Gasteiger partial charge in [-0.15, -0.1) is 0 Å². The minimum atomic E-state index is -0.169. The lowest BCUT2D eigenvalue weighted by atomic mass is 10.1. The highest BCUT2D eigenvalue weighted by atomic mass is 16.5. The molecule has 0 bridgehead atoms. The Morgan fingerprint density at radius 1 is 1.29 bits per heavy atom. The van der Waals surface area contributed by atoms with Gasteiger partial charge < -0.3 is 14.6 Å². The molecule has 1 aromatic rings. The topological polar surface area (TPSA) is 39.1 Å². The van der Waals surface area contributed by atoms with Crippen LogP contribution in [0.4, 0.5) is 0 Å². The fraction of sp³-hybridized carbons (Fsp3) is 0.769. The van der Waals surface area contributed by atoms with Crippen molar-refractivity contribution < 1.29 is 4.74 Å². The Labute approximate surface area is 104 Å². The summed E-state index contributed by atoms with van der Waals surface area (Å²) < 4.78 is 7.58. The summed E-state index contributed by atoms with van der Waals surface area (Å²) in [7, 11) is 1.74. The van der Waals surface area contributed by atoms with Gasteiger partial charge in [-0.1, -0.05) is 0 Å². The van der Waals surface area contributed by atoms with Crippen molar-refractivity contribution in [1.82, 2.24) is 14.9 Å². The van der Waals surface area contributed by atoms with E-state index in [1.807, 2.05) is 12.5 Å². The van der Waals surface area contributed by atoms with Crippen molar-refractivity contribution >= 4 is 0 Å². The monoisotopic (exact) mass is 239 g/mol. The van der Waals surface area contributed by atoms with Crippen LogP contribution in [0.3, 0.4) is 0 Å². The van der Waals surface area contributed by atoms with Gasteiger partial charge in [0.1, 0.15) is 0 Å². The second-order valence-electron chi connectivity index (χ2n) is 6.08. The highest BCUT2D eigenvalue weighted by molar-refractivity contribution is 5.00. The summed E-state index contributed by atoms with van der Waals surface area (Å²) in [6.45, 7) is 12.3. The summed E-state index contributed by atoms with van der Waals surface area (Å²) in [5.74, 6) is 0. The first-order valence-corrected chi connectivity index (χ1v) is 6.03. The lowest BCUT2D eigenvalue weighted by Crippen LogP contribution is -2.36. The Kier molecular flexibility index (Phi) is 4.33. The van der Waals surface area contributed by atoms with Crippen molar-refractivity contribution in [1.29, 1.82) is 0 Å². The number of aromatic nitrogens is 2. The second-order valence-corrected chi connectivity index (χ2v) is 6.08. The Hall–Kier alpha value is -0.870. The summed E-state index contributed by atoms with van der Waals surface area (Å²) in [5, 5.41) is 3.47. The van der Waals surface area contributed by atoms with Gasteiger partial charge in [-0.25, -0.2) is 4.98 Å². The van der Waals surface area contributed by atoms with E-state index in [2.05, 4.69) is 49.5 Å². The largest absolute Gasteiger partial charge is 0.377 e. The molecule has 0 aromatic carbocycles. The lowest BCUT2D eigenvalue weighted by molar-refractivity contribution is 0.00749. The van der Waals surface area contributed by atoms with Gasteiger partial charge in [-0.3, -0.25) is 0 Å². The molecule has 98 valence electrons. The number of methoxy groups -OCH3 is 1. The highest BCUT2D eigenvalue weighted by Crippen LogP contribution is 2.13. The maximum absolute atomic E-state index is 5.44. The predicted octanol–water partition coefficient (Wildman–Crippen LogP) is 2.20. The molecule has 0 atom stereocenters. The molecule has 0 radical (unpaired) electrons. The van der Waals surface area contributed by atoms with Crippen molar-refractivity contribution in [2.24, 2.45) is 0 Å². The molecule has 0 unspecified atom stereocenters. The molecule has 0 saturated heterocycles. The SMILES string of the molecule is COC(C)(C)Cn1cncc1CNC(C)(C)C. The quantitative estimate of drug-likeness (QED) is 0.856. The summed E-state index contributed by atoms with van der Waals surface area (Å²) in [6, 6.07) is 0. The van der Waals surface area contributed by atoms with Gasteiger partial charge >= 0.3 is 0 Å². The molecule has 0 aliphatic rings. The van der Waals surface area contributed by atoms with Crippen LogP contribution in [0.1, 0.15) is 40.3 Å². The third kappa shape index (κ3) is 4.88. The van der Waals surface area contributed by atoms with Crippen LogP contribution in [0.25, 0.3) is 0 Å². The fourth-order valence-electron chi connectivity index (χ4n) is 1.47. The standard InChI is InChI=1S/C13H25N3O/c1-12(2,3)15-8-11-7-14-10-16(11)9-13(4,5)17-6/h7,10,15H,8-9H2,1-6H3. The molecule has 0 fully saturated rings. The molecule has 1 heterocycles. The van der Waals surface area contributed by atoms with E-state index >= 15 is 0 Å². The first-order valence-electron chi connectivity index (χ1n) is 6.03. The second kappa shape index (κ2) is 5.19. The van der Waals surface area contributed by atoms with Crippen LogP contribution in [0.2, 0.25) is 0 Å². The van der Waals surface area contributed by atoms with Crippen molar-refractivity contribution in [3.05, 3.63) is 18.2 Å².